The van der Waals surface area contributed by atoms with Crippen molar-refractivity contribution in [1.29, 1.82) is 5.41 Å². The molecular weight excluding hydrogens is 267 g/mol. The average molecular weight is 278 g/mol. The van der Waals surface area contributed by atoms with Crippen molar-refractivity contribution in [3.05, 3.63) is 29.6 Å². The fourth-order valence-electron chi connectivity index (χ4n) is 1.75. The van der Waals surface area contributed by atoms with Crippen LogP contribution in [0.1, 0.15) is 24.4 Å². The van der Waals surface area contributed by atoms with E-state index in [2.05, 4.69) is 15.5 Å². The number of nitrogens with one attached hydrogen (secondary N) is 1. The maximum atomic E-state index is 13.7. The molecule has 19 heavy (non-hydrogen) atoms. The molecule has 3 N–H and O–H groups in total. The lowest BCUT2D eigenvalue weighted by molar-refractivity contribution is 0.565. The number of rotatable bonds is 4. The number of nitrogens with zero attached hydrogens (tertiary/aromatic N) is 4. The van der Waals surface area contributed by atoms with E-state index >= 15 is 0 Å². The third-order valence-electron chi connectivity index (χ3n) is 2.80. The SMILES string of the molecule is N=C(N)c1c(F)cccc1Sc1nnnn1C1CC1. The van der Waals surface area contributed by atoms with Crippen LogP contribution in [0, 0.1) is 11.2 Å². The Labute approximate surface area is 112 Å². The fourth-order valence-corrected chi connectivity index (χ4v) is 2.76. The highest BCUT2D eigenvalue weighted by atomic mass is 32.2. The Morgan fingerprint density at radius 3 is 2.95 bits per heavy atom. The molecule has 6 nitrogen and oxygen atoms in total. The van der Waals surface area contributed by atoms with E-state index in [4.69, 9.17) is 11.1 Å². The summed E-state index contributed by atoms with van der Waals surface area (Å²) in [6.07, 6.45) is 2.11. The maximum Gasteiger partial charge on any atom is 0.214 e. The van der Waals surface area contributed by atoms with E-state index in [1.807, 2.05) is 0 Å². The third kappa shape index (κ3) is 2.30. The lowest BCUT2D eigenvalue weighted by Crippen LogP contribution is -2.14. The summed E-state index contributed by atoms with van der Waals surface area (Å²) in [6.45, 7) is 0. The molecule has 1 aliphatic rings. The van der Waals surface area contributed by atoms with Crippen LogP contribution in [0.4, 0.5) is 4.39 Å². The monoisotopic (exact) mass is 278 g/mol. The fraction of sp³-hybridized carbons (Fsp3) is 0.273. The van der Waals surface area contributed by atoms with E-state index in [1.54, 1.807) is 16.8 Å². The number of halogens is 1. The molecule has 0 radical (unpaired) electrons. The third-order valence-corrected chi connectivity index (χ3v) is 3.81. The molecule has 0 unspecified atom stereocenters. The molecule has 0 atom stereocenters. The van der Waals surface area contributed by atoms with Crippen LogP contribution in [0.2, 0.25) is 0 Å². The van der Waals surface area contributed by atoms with Crippen LogP contribution in [-0.4, -0.2) is 26.0 Å². The van der Waals surface area contributed by atoms with Gasteiger partial charge in [-0.2, -0.15) is 0 Å². The average Bonchev–Trinajstić information content (AvgIpc) is 3.10. The predicted octanol–water partition coefficient (Wildman–Crippen LogP) is 1.58. The van der Waals surface area contributed by atoms with Gasteiger partial charge in [0.25, 0.3) is 0 Å². The van der Waals surface area contributed by atoms with Gasteiger partial charge in [0, 0.05) is 4.90 Å². The maximum absolute atomic E-state index is 13.7. The van der Waals surface area contributed by atoms with Crippen molar-refractivity contribution in [1.82, 2.24) is 20.2 Å². The molecule has 1 aliphatic carbocycles. The number of benzene rings is 1. The van der Waals surface area contributed by atoms with E-state index < -0.39 is 5.82 Å². The molecular formula is C11H11FN6S. The molecule has 3 rings (SSSR count). The lowest BCUT2D eigenvalue weighted by Gasteiger charge is -2.08. The zero-order valence-corrected chi connectivity index (χ0v) is 10.7. The smallest absolute Gasteiger partial charge is 0.214 e. The van der Waals surface area contributed by atoms with E-state index in [0.29, 0.717) is 16.1 Å². The van der Waals surface area contributed by atoms with Gasteiger partial charge in [0.05, 0.1) is 11.6 Å². The van der Waals surface area contributed by atoms with Crippen LogP contribution in [0.15, 0.2) is 28.3 Å². The van der Waals surface area contributed by atoms with E-state index in [9.17, 15) is 4.39 Å². The Morgan fingerprint density at radius 2 is 2.26 bits per heavy atom. The summed E-state index contributed by atoms with van der Waals surface area (Å²) >= 11 is 1.22. The van der Waals surface area contributed by atoms with Crippen LogP contribution < -0.4 is 5.73 Å². The number of amidine groups is 1. The van der Waals surface area contributed by atoms with Gasteiger partial charge in [-0.25, -0.2) is 9.07 Å². The minimum Gasteiger partial charge on any atom is -0.384 e. The highest BCUT2D eigenvalue weighted by Gasteiger charge is 2.28. The Balaban J connectivity index is 1.97. The van der Waals surface area contributed by atoms with Crippen molar-refractivity contribution in [2.45, 2.75) is 28.9 Å². The molecule has 1 fully saturated rings. The van der Waals surface area contributed by atoms with Crippen molar-refractivity contribution in [2.24, 2.45) is 5.73 Å². The van der Waals surface area contributed by atoms with Gasteiger partial charge in [-0.1, -0.05) is 6.07 Å². The summed E-state index contributed by atoms with van der Waals surface area (Å²) in [4.78, 5) is 0.546. The van der Waals surface area contributed by atoms with Crippen molar-refractivity contribution >= 4 is 17.6 Å². The highest BCUT2D eigenvalue weighted by Crippen LogP contribution is 2.38. The summed E-state index contributed by atoms with van der Waals surface area (Å²) in [7, 11) is 0. The van der Waals surface area contributed by atoms with Crippen molar-refractivity contribution in [3.8, 4) is 0 Å². The first-order valence-corrected chi connectivity index (χ1v) is 6.57. The molecule has 1 heterocycles. The van der Waals surface area contributed by atoms with Gasteiger partial charge < -0.3 is 5.73 Å². The molecule has 2 aromatic rings. The Morgan fingerprint density at radius 1 is 1.47 bits per heavy atom. The normalized spacial score (nSPS) is 14.6. The van der Waals surface area contributed by atoms with Gasteiger partial charge in [0.1, 0.15) is 11.7 Å². The standard InChI is InChI=1S/C11H11FN6S/c12-7-2-1-3-8(9(7)10(13)14)19-11-15-16-17-18(11)6-4-5-6/h1-3,6H,4-5H2,(H3,13,14). The molecule has 1 aromatic heterocycles. The predicted molar refractivity (Wildman–Crippen MR) is 67.6 cm³/mol. The molecule has 1 saturated carbocycles. The second kappa shape index (κ2) is 4.61. The molecule has 98 valence electrons. The first kappa shape index (κ1) is 12.1. The first-order chi connectivity index (χ1) is 9.16. The Hall–Kier alpha value is -1.96. The highest BCUT2D eigenvalue weighted by molar-refractivity contribution is 7.99. The summed E-state index contributed by atoms with van der Waals surface area (Å²) in [5.41, 5.74) is 5.52. The Bertz CT molecular complexity index is 636. The van der Waals surface area contributed by atoms with Crippen LogP contribution in [0.5, 0.6) is 0 Å². The number of tetrazole rings is 1. The minimum absolute atomic E-state index is 0.0952. The molecule has 8 heteroatoms. The van der Waals surface area contributed by atoms with Crippen molar-refractivity contribution in [2.75, 3.05) is 0 Å². The lowest BCUT2D eigenvalue weighted by atomic mass is 10.2. The number of nitrogen functional groups attached to an aromatic ring is 1. The van der Waals surface area contributed by atoms with Crippen LogP contribution >= 0.6 is 11.8 Å². The number of nitrogens with two attached hydrogens (primary N) is 1. The number of hydrogen-bond donors (Lipinski definition) is 2. The van der Waals surface area contributed by atoms with Crippen molar-refractivity contribution in [3.63, 3.8) is 0 Å². The molecule has 1 aromatic carbocycles. The molecule has 0 spiro atoms. The number of aromatic nitrogens is 4. The van der Waals surface area contributed by atoms with Gasteiger partial charge in [0.15, 0.2) is 0 Å². The zero-order valence-electron chi connectivity index (χ0n) is 9.88. The Kier molecular flexibility index (Phi) is 2.94. The van der Waals surface area contributed by atoms with Gasteiger partial charge in [-0.15, -0.1) is 5.10 Å². The second-order valence-corrected chi connectivity index (χ2v) is 5.28. The summed E-state index contributed by atoms with van der Waals surface area (Å²) < 4.78 is 15.4. The van der Waals surface area contributed by atoms with Crippen LogP contribution in [-0.2, 0) is 0 Å². The van der Waals surface area contributed by atoms with Gasteiger partial charge >= 0.3 is 0 Å². The summed E-state index contributed by atoms with van der Waals surface area (Å²) in [6, 6.07) is 4.91. The molecule has 0 bridgehead atoms. The van der Waals surface area contributed by atoms with E-state index in [0.717, 1.165) is 12.8 Å². The van der Waals surface area contributed by atoms with E-state index in [-0.39, 0.29) is 11.4 Å². The van der Waals surface area contributed by atoms with Crippen LogP contribution in [0.3, 0.4) is 0 Å². The van der Waals surface area contributed by atoms with Gasteiger partial charge in [-0.05, 0) is 47.2 Å². The topological polar surface area (TPSA) is 93.5 Å². The van der Waals surface area contributed by atoms with E-state index in [1.165, 1.54) is 17.8 Å². The van der Waals surface area contributed by atoms with Gasteiger partial charge in [0.2, 0.25) is 5.16 Å². The first-order valence-electron chi connectivity index (χ1n) is 5.75. The summed E-state index contributed by atoms with van der Waals surface area (Å²) in [5.74, 6) is -0.811. The minimum atomic E-state index is -0.511. The van der Waals surface area contributed by atoms with Crippen LogP contribution in [0.25, 0.3) is 0 Å². The summed E-state index contributed by atoms with van der Waals surface area (Å²) in [5, 5.41) is 19.6. The largest absolute Gasteiger partial charge is 0.384 e. The second-order valence-electron chi connectivity index (χ2n) is 4.27. The molecule has 0 amide bonds. The van der Waals surface area contributed by atoms with Crippen molar-refractivity contribution < 1.29 is 4.39 Å². The van der Waals surface area contributed by atoms with Gasteiger partial charge in [-0.3, -0.25) is 5.41 Å². The number of hydrogen-bond acceptors (Lipinski definition) is 5. The quantitative estimate of drug-likeness (QED) is 0.654. The molecule has 0 saturated heterocycles. The zero-order chi connectivity index (χ0) is 13.4. The molecule has 0 aliphatic heterocycles.